The van der Waals surface area contributed by atoms with Gasteiger partial charge in [0.05, 0.1) is 6.10 Å². The summed E-state index contributed by atoms with van der Waals surface area (Å²) in [7, 11) is 0. The van der Waals surface area contributed by atoms with Gasteiger partial charge in [-0.25, -0.2) is 5.48 Å². The smallest absolute Gasteiger partial charge is 0.268 e. The van der Waals surface area contributed by atoms with E-state index in [2.05, 4.69) is 12.2 Å². The third-order valence-electron chi connectivity index (χ3n) is 3.45. The Hall–Kier alpha value is -1.92. The summed E-state index contributed by atoms with van der Waals surface area (Å²) < 4.78 is 0. The number of nitrogens with one attached hydrogen (secondary N) is 2. The predicted molar refractivity (Wildman–Crippen MR) is 82.5 cm³/mol. The summed E-state index contributed by atoms with van der Waals surface area (Å²) >= 11 is 0. The Kier molecular flexibility index (Phi) is 7.56. The van der Waals surface area contributed by atoms with E-state index in [-0.39, 0.29) is 0 Å². The van der Waals surface area contributed by atoms with Gasteiger partial charge >= 0.3 is 0 Å². The van der Waals surface area contributed by atoms with Crippen LogP contribution in [0.2, 0.25) is 0 Å². The standard InChI is InChI=1S/C16H24N2O4/c1-3-4-5-6-12-7-9-13(10-8-12)15(20)17-14(11(2)19)16(21)18-22/h7-11,14,19,22H,3-6H2,1-2H3,(H,17,20)(H,18,21)/t11-,14+/m1/s1. The molecule has 1 aromatic carbocycles. The van der Waals surface area contributed by atoms with Crippen LogP contribution in [0.25, 0.3) is 0 Å². The molecule has 122 valence electrons. The summed E-state index contributed by atoms with van der Waals surface area (Å²) in [6, 6.07) is 5.93. The monoisotopic (exact) mass is 308 g/mol. The van der Waals surface area contributed by atoms with Gasteiger partial charge in [-0.3, -0.25) is 14.8 Å². The summed E-state index contributed by atoms with van der Waals surface area (Å²) in [5.41, 5.74) is 2.98. The van der Waals surface area contributed by atoms with Crippen LogP contribution in [0.15, 0.2) is 24.3 Å². The predicted octanol–water partition coefficient (Wildman–Crippen LogP) is 1.40. The molecule has 0 heterocycles. The second-order valence-corrected chi connectivity index (χ2v) is 5.32. The Morgan fingerprint density at radius 1 is 1.18 bits per heavy atom. The summed E-state index contributed by atoms with van der Waals surface area (Å²) in [6.45, 7) is 3.51. The topological polar surface area (TPSA) is 98.7 Å². The van der Waals surface area contributed by atoms with E-state index in [4.69, 9.17) is 5.21 Å². The molecule has 0 spiro atoms. The Morgan fingerprint density at radius 3 is 2.32 bits per heavy atom. The molecule has 0 radical (unpaired) electrons. The molecule has 0 saturated heterocycles. The van der Waals surface area contributed by atoms with E-state index in [9.17, 15) is 14.7 Å². The van der Waals surface area contributed by atoms with E-state index in [1.165, 1.54) is 18.8 Å². The summed E-state index contributed by atoms with van der Waals surface area (Å²) in [4.78, 5) is 23.5. The maximum absolute atomic E-state index is 12.1. The SMILES string of the molecule is CCCCCc1ccc(C(=O)N[C@H](C(=O)NO)[C@@H](C)O)cc1. The number of aryl methyl sites for hydroxylation is 1. The molecule has 6 nitrogen and oxygen atoms in total. The number of aliphatic hydroxyl groups is 1. The Labute approximate surface area is 130 Å². The number of hydrogen-bond acceptors (Lipinski definition) is 4. The first-order valence-corrected chi connectivity index (χ1v) is 7.51. The minimum Gasteiger partial charge on any atom is -0.391 e. The highest BCUT2D eigenvalue weighted by atomic mass is 16.5. The zero-order valence-electron chi connectivity index (χ0n) is 13.0. The lowest BCUT2D eigenvalue weighted by molar-refractivity contribution is -0.133. The van der Waals surface area contributed by atoms with Crippen molar-refractivity contribution in [3.8, 4) is 0 Å². The fraction of sp³-hybridized carbons (Fsp3) is 0.500. The molecular weight excluding hydrogens is 284 g/mol. The molecule has 4 N–H and O–H groups in total. The van der Waals surface area contributed by atoms with E-state index < -0.39 is 24.0 Å². The van der Waals surface area contributed by atoms with Crippen LogP contribution in [0, 0.1) is 0 Å². The second kappa shape index (κ2) is 9.17. The molecule has 0 unspecified atom stereocenters. The summed E-state index contributed by atoms with van der Waals surface area (Å²) in [6.07, 6.45) is 3.30. The minimum atomic E-state index is -1.21. The third kappa shape index (κ3) is 5.46. The normalized spacial score (nSPS) is 13.3. The van der Waals surface area contributed by atoms with Crippen molar-refractivity contribution in [2.75, 3.05) is 0 Å². The third-order valence-corrected chi connectivity index (χ3v) is 3.45. The lowest BCUT2D eigenvalue weighted by atomic mass is 10.0. The molecule has 0 aliphatic carbocycles. The van der Waals surface area contributed by atoms with Crippen LogP contribution in [-0.4, -0.2) is 34.3 Å². The fourth-order valence-corrected chi connectivity index (χ4v) is 2.10. The zero-order chi connectivity index (χ0) is 16.5. The molecule has 0 bridgehead atoms. The van der Waals surface area contributed by atoms with Crippen LogP contribution >= 0.6 is 0 Å². The number of hydrogen-bond donors (Lipinski definition) is 4. The lowest BCUT2D eigenvalue weighted by Gasteiger charge is -2.19. The van der Waals surface area contributed by atoms with Gasteiger partial charge < -0.3 is 10.4 Å². The van der Waals surface area contributed by atoms with Crippen molar-refractivity contribution in [1.82, 2.24) is 10.8 Å². The molecule has 1 rings (SSSR count). The maximum Gasteiger partial charge on any atom is 0.268 e. The number of amides is 2. The van der Waals surface area contributed by atoms with Crippen molar-refractivity contribution in [3.05, 3.63) is 35.4 Å². The number of hydroxylamine groups is 1. The number of carbonyl (C=O) groups excluding carboxylic acids is 2. The minimum absolute atomic E-state index is 0.399. The van der Waals surface area contributed by atoms with Crippen LogP contribution in [-0.2, 0) is 11.2 Å². The van der Waals surface area contributed by atoms with Crippen molar-refractivity contribution in [2.45, 2.75) is 51.7 Å². The molecule has 0 saturated carbocycles. The summed E-state index contributed by atoms with van der Waals surface area (Å²) in [5, 5.41) is 20.5. The number of carbonyl (C=O) groups is 2. The summed E-state index contributed by atoms with van der Waals surface area (Å²) in [5.74, 6) is -1.34. The molecule has 6 heteroatoms. The van der Waals surface area contributed by atoms with Crippen molar-refractivity contribution < 1.29 is 19.9 Å². The van der Waals surface area contributed by atoms with Gasteiger partial charge in [0.15, 0.2) is 0 Å². The van der Waals surface area contributed by atoms with Crippen molar-refractivity contribution in [1.29, 1.82) is 0 Å². The van der Waals surface area contributed by atoms with E-state index >= 15 is 0 Å². The van der Waals surface area contributed by atoms with Crippen LogP contribution in [0.4, 0.5) is 0 Å². The second-order valence-electron chi connectivity index (χ2n) is 5.32. The number of aliphatic hydroxyl groups excluding tert-OH is 1. The average molecular weight is 308 g/mol. The molecule has 0 aliphatic rings. The van der Waals surface area contributed by atoms with Gasteiger partial charge in [-0.1, -0.05) is 31.9 Å². The lowest BCUT2D eigenvalue weighted by Crippen LogP contribution is -2.51. The van der Waals surface area contributed by atoms with E-state index in [0.29, 0.717) is 5.56 Å². The molecule has 0 aromatic heterocycles. The van der Waals surface area contributed by atoms with Gasteiger partial charge in [0.2, 0.25) is 0 Å². The Morgan fingerprint density at radius 2 is 1.82 bits per heavy atom. The van der Waals surface area contributed by atoms with Crippen molar-refractivity contribution in [2.24, 2.45) is 0 Å². The number of benzene rings is 1. The van der Waals surface area contributed by atoms with Gasteiger partial charge in [-0.15, -0.1) is 0 Å². The number of rotatable bonds is 8. The van der Waals surface area contributed by atoms with Gasteiger partial charge in [0.25, 0.3) is 11.8 Å². The zero-order valence-corrected chi connectivity index (χ0v) is 13.0. The highest BCUT2D eigenvalue weighted by Gasteiger charge is 2.25. The molecule has 2 amide bonds. The van der Waals surface area contributed by atoms with E-state index in [1.807, 2.05) is 12.1 Å². The van der Waals surface area contributed by atoms with Crippen LogP contribution in [0.3, 0.4) is 0 Å². The Bertz CT molecular complexity index is 485. The van der Waals surface area contributed by atoms with Crippen LogP contribution in [0.5, 0.6) is 0 Å². The first kappa shape index (κ1) is 18.1. The highest BCUT2D eigenvalue weighted by molar-refractivity contribution is 5.97. The van der Waals surface area contributed by atoms with Crippen molar-refractivity contribution in [3.63, 3.8) is 0 Å². The maximum atomic E-state index is 12.1. The largest absolute Gasteiger partial charge is 0.391 e. The highest BCUT2D eigenvalue weighted by Crippen LogP contribution is 2.09. The first-order valence-electron chi connectivity index (χ1n) is 7.51. The molecule has 2 atom stereocenters. The Balaban J connectivity index is 2.66. The van der Waals surface area contributed by atoms with E-state index in [0.717, 1.165) is 24.8 Å². The molecule has 1 aromatic rings. The molecule has 0 fully saturated rings. The van der Waals surface area contributed by atoms with Crippen LogP contribution in [0.1, 0.15) is 49.0 Å². The molecular formula is C16H24N2O4. The average Bonchev–Trinajstić information content (AvgIpc) is 2.52. The number of unbranched alkanes of at least 4 members (excludes halogenated alkanes) is 2. The van der Waals surface area contributed by atoms with Crippen molar-refractivity contribution >= 4 is 11.8 Å². The quantitative estimate of drug-likeness (QED) is 0.331. The first-order chi connectivity index (χ1) is 10.5. The van der Waals surface area contributed by atoms with Gasteiger partial charge in [-0.2, -0.15) is 0 Å². The van der Waals surface area contributed by atoms with Gasteiger partial charge in [-0.05, 0) is 37.5 Å². The van der Waals surface area contributed by atoms with Gasteiger partial charge in [0.1, 0.15) is 6.04 Å². The van der Waals surface area contributed by atoms with E-state index in [1.54, 1.807) is 12.1 Å². The fourth-order valence-electron chi connectivity index (χ4n) is 2.10. The molecule has 22 heavy (non-hydrogen) atoms. The van der Waals surface area contributed by atoms with Gasteiger partial charge in [0, 0.05) is 5.56 Å². The molecule has 0 aliphatic heterocycles. The van der Waals surface area contributed by atoms with Crippen LogP contribution < -0.4 is 10.8 Å².